The fraction of sp³-hybridized carbons (Fsp3) is 0. The van der Waals surface area contributed by atoms with Crippen LogP contribution in [0, 0.1) is 0 Å². The van der Waals surface area contributed by atoms with Crippen molar-refractivity contribution < 1.29 is 25.5 Å². The molecule has 0 atom stereocenters. The van der Waals surface area contributed by atoms with Gasteiger partial charge < -0.3 is 30.1 Å². The lowest BCUT2D eigenvalue weighted by Crippen LogP contribution is -2.01. The van der Waals surface area contributed by atoms with Gasteiger partial charge in [0.2, 0.25) is 17.2 Å². The van der Waals surface area contributed by atoms with Crippen molar-refractivity contribution >= 4 is 53.3 Å². The average molecular weight is 813 g/mol. The van der Waals surface area contributed by atoms with Crippen molar-refractivity contribution in [3.8, 4) is 90.9 Å². The molecule has 292 valence electrons. The van der Waals surface area contributed by atoms with Crippen molar-refractivity contribution in [3.05, 3.63) is 164 Å². The summed E-state index contributed by atoms with van der Waals surface area (Å²) in [6, 6.07) is 55.7. The predicted octanol–water partition coefficient (Wildman–Crippen LogP) is 12.2. The van der Waals surface area contributed by atoms with Crippen molar-refractivity contribution in [1.82, 2.24) is 19.5 Å². The minimum absolute atomic E-state index is 0.221. The number of nitrogens with zero attached hydrogens (tertiary/aromatic N) is 4. The molecule has 0 aliphatic carbocycles. The quantitative estimate of drug-likeness (QED) is 0.0824. The van der Waals surface area contributed by atoms with Crippen LogP contribution >= 0.6 is 11.3 Å². The van der Waals surface area contributed by atoms with Gasteiger partial charge in [-0.3, -0.25) is 0 Å². The molecule has 8 aromatic carbocycles. The van der Waals surface area contributed by atoms with Crippen LogP contribution < -0.4 is 0 Å². The van der Waals surface area contributed by atoms with E-state index in [-0.39, 0.29) is 17.5 Å². The number of rotatable bonds is 6. The smallest absolute Gasteiger partial charge is 0.208 e. The summed E-state index contributed by atoms with van der Waals surface area (Å²) in [7, 11) is 0. The first-order chi connectivity index (χ1) is 29.8. The minimum Gasteiger partial charge on any atom is -0.504 e. The topological polar surface area (TPSA) is 145 Å². The van der Waals surface area contributed by atoms with Crippen molar-refractivity contribution in [2.24, 2.45) is 0 Å². The minimum atomic E-state index is -1.07. The van der Waals surface area contributed by atoms with Crippen molar-refractivity contribution in [3.63, 3.8) is 0 Å². The van der Waals surface area contributed by atoms with Gasteiger partial charge in [0.1, 0.15) is 5.56 Å². The fourth-order valence-electron chi connectivity index (χ4n) is 8.34. The largest absolute Gasteiger partial charge is 0.504 e. The number of phenolic OH excluding ortho intramolecular Hbond substituents is 5. The maximum absolute atomic E-state index is 10.9. The molecule has 0 unspecified atom stereocenters. The molecule has 0 spiro atoms. The molecule has 0 saturated carbocycles. The number of aromatic hydroxyl groups is 5. The normalized spacial score (nSPS) is 11.6. The maximum atomic E-state index is 10.9. The molecule has 0 aliphatic rings. The molecular weight excluding hydrogens is 781 g/mol. The molecule has 0 radical (unpaired) electrons. The highest BCUT2D eigenvalue weighted by atomic mass is 32.1. The average Bonchev–Trinajstić information content (AvgIpc) is 3.86. The highest BCUT2D eigenvalue weighted by molar-refractivity contribution is 7.26. The van der Waals surface area contributed by atoms with Crippen LogP contribution in [0.25, 0.3) is 104 Å². The monoisotopic (exact) mass is 812 g/mol. The number of benzene rings is 8. The van der Waals surface area contributed by atoms with E-state index in [1.807, 2.05) is 54.6 Å². The highest BCUT2D eigenvalue weighted by Crippen LogP contribution is 2.54. The van der Waals surface area contributed by atoms with E-state index in [2.05, 4.69) is 119 Å². The van der Waals surface area contributed by atoms with Crippen LogP contribution in [0.5, 0.6) is 28.7 Å². The summed E-state index contributed by atoms with van der Waals surface area (Å²) in [4.78, 5) is 14.1. The van der Waals surface area contributed by atoms with Gasteiger partial charge in [-0.05, 0) is 64.7 Å². The molecule has 61 heavy (non-hydrogen) atoms. The number of fused-ring (bicyclic) bond motifs is 6. The molecule has 0 aliphatic heterocycles. The first-order valence-corrected chi connectivity index (χ1v) is 20.3. The number of hydrogen-bond acceptors (Lipinski definition) is 9. The Labute approximate surface area is 351 Å². The lowest BCUT2D eigenvalue weighted by molar-refractivity contribution is 0.329. The molecule has 3 aromatic heterocycles. The van der Waals surface area contributed by atoms with Gasteiger partial charge >= 0.3 is 0 Å². The molecule has 0 bridgehead atoms. The third-order valence-corrected chi connectivity index (χ3v) is 12.4. The summed E-state index contributed by atoms with van der Waals surface area (Å²) in [6.07, 6.45) is 0. The van der Waals surface area contributed by atoms with Gasteiger partial charge in [0.15, 0.2) is 29.0 Å². The van der Waals surface area contributed by atoms with Gasteiger partial charge in [0.25, 0.3) is 0 Å². The molecule has 9 nitrogen and oxygen atoms in total. The lowest BCUT2D eigenvalue weighted by atomic mass is 9.94. The number of aromatic nitrogens is 4. The van der Waals surface area contributed by atoms with E-state index in [1.165, 1.54) is 5.39 Å². The van der Waals surface area contributed by atoms with Crippen LogP contribution in [0.3, 0.4) is 0 Å². The standard InChI is InChI=1S/C51H32N4O5S/c56-43-42(44(57)46(59)47(60)45(43)58)51-53-49(30-17-8-3-9-18-30)52-50(54-51)35-21-12-20-33-37-27-32(23-24-40(37)61-48(33)35)55-38-22-11-10-19-34(38)41-36(29-15-6-2-7-16-29)25-31(26-39(41)55)28-13-4-1-5-14-28/h1-27,56-60H. The van der Waals surface area contributed by atoms with E-state index in [0.717, 1.165) is 64.5 Å². The zero-order valence-electron chi connectivity index (χ0n) is 32.0. The summed E-state index contributed by atoms with van der Waals surface area (Å²) in [5.74, 6) is -4.67. The Hall–Kier alpha value is -8.21. The second kappa shape index (κ2) is 14.0. The first-order valence-electron chi connectivity index (χ1n) is 19.5. The van der Waals surface area contributed by atoms with Crippen LogP contribution in [0.4, 0.5) is 0 Å². The van der Waals surface area contributed by atoms with Crippen molar-refractivity contribution in [2.45, 2.75) is 0 Å². The Balaban J connectivity index is 1.14. The maximum Gasteiger partial charge on any atom is 0.208 e. The van der Waals surface area contributed by atoms with Crippen LogP contribution in [0.2, 0.25) is 0 Å². The van der Waals surface area contributed by atoms with Crippen LogP contribution in [0.15, 0.2) is 164 Å². The molecule has 0 amide bonds. The molecule has 0 saturated heterocycles. The second-order valence-corrected chi connectivity index (χ2v) is 15.8. The Kier molecular flexibility index (Phi) is 8.23. The van der Waals surface area contributed by atoms with Gasteiger partial charge in [-0.1, -0.05) is 121 Å². The number of phenols is 5. The Morgan fingerprint density at radius 1 is 0.393 bits per heavy atom. The molecule has 3 heterocycles. The fourth-order valence-corrected chi connectivity index (χ4v) is 9.53. The van der Waals surface area contributed by atoms with E-state index in [0.29, 0.717) is 11.1 Å². The molecule has 5 N–H and O–H groups in total. The van der Waals surface area contributed by atoms with E-state index in [9.17, 15) is 25.5 Å². The van der Waals surface area contributed by atoms with Crippen molar-refractivity contribution in [2.75, 3.05) is 0 Å². The Bertz CT molecular complexity index is 3500. The van der Waals surface area contributed by atoms with E-state index < -0.39 is 34.3 Å². The van der Waals surface area contributed by atoms with E-state index in [4.69, 9.17) is 9.97 Å². The summed E-state index contributed by atoms with van der Waals surface area (Å²) in [5, 5.41) is 57.2. The molecule has 11 aromatic rings. The zero-order chi connectivity index (χ0) is 41.4. The molecular formula is C51H32N4O5S. The third-order valence-electron chi connectivity index (χ3n) is 11.2. The lowest BCUT2D eigenvalue weighted by Gasteiger charge is -2.13. The summed E-state index contributed by atoms with van der Waals surface area (Å²) < 4.78 is 4.29. The molecule has 10 heteroatoms. The van der Waals surface area contributed by atoms with E-state index >= 15 is 0 Å². The van der Waals surface area contributed by atoms with Gasteiger partial charge in [-0.15, -0.1) is 11.3 Å². The number of hydrogen-bond donors (Lipinski definition) is 5. The SMILES string of the molecule is Oc1c(O)c(O)c(-c2nc(-c3ccccc3)nc(-c3cccc4c3sc3ccc(-n5c6ccccc6c6c(-c7ccccc7)cc(-c7ccccc7)cc65)cc34)n2)c(O)c1O. The highest BCUT2D eigenvalue weighted by Gasteiger charge is 2.28. The van der Waals surface area contributed by atoms with Crippen molar-refractivity contribution in [1.29, 1.82) is 0 Å². The third kappa shape index (κ3) is 5.72. The van der Waals surface area contributed by atoms with E-state index in [1.54, 1.807) is 11.3 Å². The number of para-hydroxylation sites is 1. The summed E-state index contributed by atoms with van der Waals surface area (Å²) >= 11 is 1.59. The van der Waals surface area contributed by atoms with Gasteiger partial charge in [0, 0.05) is 47.8 Å². The van der Waals surface area contributed by atoms with Crippen LogP contribution in [-0.4, -0.2) is 45.1 Å². The zero-order valence-corrected chi connectivity index (χ0v) is 32.8. The Morgan fingerprint density at radius 2 is 0.984 bits per heavy atom. The first kappa shape index (κ1) is 35.9. The van der Waals surface area contributed by atoms with Gasteiger partial charge in [-0.2, -0.15) is 0 Å². The molecule has 11 rings (SSSR count). The summed E-state index contributed by atoms with van der Waals surface area (Å²) in [6.45, 7) is 0. The second-order valence-electron chi connectivity index (χ2n) is 14.8. The summed E-state index contributed by atoms with van der Waals surface area (Å²) in [5.41, 5.74) is 8.56. The van der Waals surface area contributed by atoms with Crippen LogP contribution in [0.1, 0.15) is 0 Å². The van der Waals surface area contributed by atoms with Gasteiger partial charge in [0.05, 0.1) is 11.0 Å². The Morgan fingerprint density at radius 3 is 1.70 bits per heavy atom. The van der Waals surface area contributed by atoms with Gasteiger partial charge in [-0.25, -0.2) is 15.0 Å². The number of thiophene rings is 1. The van der Waals surface area contributed by atoms with Crippen LogP contribution in [-0.2, 0) is 0 Å². The predicted molar refractivity (Wildman–Crippen MR) is 243 cm³/mol. The molecule has 0 fully saturated rings.